The molecule has 0 aliphatic carbocycles. The van der Waals surface area contributed by atoms with Gasteiger partial charge in [-0.05, 0) is 63.3 Å². The van der Waals surface area contributed by atoms with E-state index in [0.717, 1.165) is 12.8 Å². The highest BCUT2D eigenvalue weighted by Gasteiger charge is 2.30. The van der Waals surface area contributed by atoms with Crippen LogP contribution in [0.1, 0.15) is 49.7 Å². The first-order valence-corrected chi connectivity index (χ1v) is 11.3. The minimum Gasteiger partial charge on any atom is -0.444 e. The van der Waals surface area contributed by atoms with E-state index in [1.807, 2.05) is 20.8 Å². The van der Waals surface area contributed by atoms with E-state index in [0.29, 0.717) is 34.1 Å². The summed E-state index contributed by atoms with van der Waals surface area (Å²) in [6.07, 6.45) is 1.43. The number of thiophene rings is 1. The Morgan fingerprint density at radius 2 is 2.03 bits per heavy atom. The monoisotopic (exact) mass is 461 g/mol. The summed E-state index contributed by atoms with van der Waals surface area (Å²) in [6.45, 7) is 6.47. The van der Waals surface area contributed by atoms with E-state index >= 15 is 0 Å². The van der Waals surface area contributed by atoms with Crippen molar-refractivity contribution >= 4 is 34.9 Å². The molecule has 3 amide bonds. The summed E-state index contributed by atoms with van der Waals surface area (Å²) in [5.41, 5.74) is 5.61. The molecule has 1 atom stereocenters. The van der Waals surface area contributed by atoms with E-state index in [-0.39, 0.29) is 24.2 Å². The maximum Gasteiger partial charge on any atom is 0.410 e. The van der Waals surface area contributed by atoms with Crippen LogP contribution >= 0.6 is 11.3 Å². The average Bonchev–Trinajstić information content (AvgIpc) is 3.10. The van der Waals surface area contributed by atoms with Gasteiger partial charge in [0, 0.05) is 24.4 Å². The lowest BCUT2D eigenvalue weighted by atomic mass is 9.92. The van der Waals surface area contributed by atoms with Crippen LogP contribution in [0.15, 0.2) is 30.3 Å². The Kier molecular flexibility index (Phi) is 7.18. The number of ketones is 1. The van der Waals surface area contributed by atoms with Gasteiger partial charge in [-0.2, -0.15) is 0 Å². The van der Waals surface area contributed by atoms with Crippen molar-refractivity contribution < 1.29 is 23.5 Å². The van der Waals surface area contributed by atoms with Crippen LogP contribution < -0.4 is 11.1 Å². The van der Waals surface area contributed by atoms with Gasteiger partial charge in [-0.1, -0.05) is 12.1 Å². The van der Waals surface area contributed by atoms with E-state index in [2.05, 4.69) is 5.32 Å². The normalized spacial score (nSPS) is 16.5. The molecule has 2 heterocycles. The van der Waals surface area contributed by atoms with Crippen LogP contribution in [0.2, 0.25) is 0 Å². The number of nitrogens with one attached hydrogen (secondary N) is 1. The van der Waals surface area contributed by atoms with E-state index in [1.165, 1.54) is 23.5 Å². The van der Waals surface area contributed by atoms with Crippen molar-refractivity contribution in [2.75, 3.05) is 18.4 Å². The third-order valence-electron chi connectivity index (χ3n) is 5.00. The molecule has 9 heteroatoms. The summed E-state index contributed by atoms with van der Waals surface area (Å²) in [7, 11) is 0. The first-order chi connectivity index (χ1) is 15.0. The van der Waals surface area contributed by atoms with Crippen molar-refractivity contribution in [2.45, 2.75) is 45.6 Å². The number of nitrogens with zero attached hydrogens (tertiary/aromatic N) is 1. The lowest BCUT2D eigenvalue weighted by Crippen LogP contribution is -2.43. The molecule has 1 aromatic carbocycles. The summed E-state index contributed by atoms with van der Waals surface area (Å²) < 4.78 is 19.1. The number of primary amides is 1. The summed E-state index contributed by atoms with van der Waals surface area (Å²) in [5, 5.41) is 2.50. The fourth-order valence-electron chi connectivity index (χ4n) is 3.69. The molecule has 0 saturated carbocycles. The minimum absolute atomic E-state index is 0.0232. The smallest absolute Gasteiger partial charge is 0.410 e. The molecule has 32 heavy (non-hydrogen) atoms. The predicted octanol–water partition coefficient (Wildman–Crippen LogP) is 5.26. The zero-order chi connectivity index (χ0) is 23.5. The molecule has 7 nitrogen and oxygen atoms in total. The van der Waals surface area contributed by atoms with Crippen molar-refractivity contribution in [3.05, 3.63) is 41.0 Å². The number of amides is 3. The molecule has 1 fully saturated rings. The first-order valence-electron chi connectivity index (χ1n) is 10.5. The molecule has 1 aliphatic rings. The second-order valence-electron chi connectivity index (χ2n) is 8.91. The molecule has 2 aromatic rings. The molecule has 3 N–H and O–H groups in total. The summed E-state index contributed by atoms with van der Waals surface area (Å²) in [4.78, 5) is 39.6. The molecular weight excluding hydrogens is 433 g/mol. The predicted molar refractivity (Wildman–Crippen MR) is 122 cm³/mol. The van der Waals surface area contributed by atoms with Crippen molar-refractivity contribution in [3.63, 3.8) is 0 Å². The second kappa shape index (κ2) is 9.68. The van der Waals surface area contributed by atoms with E-state index in [9.17, 15) is 18.8 Å². The highest BCUT2D eigenvalue weighted by atomic mass is 32.1. The SMILES string of the molecule is CC(C)(C)OC(=O)N1CCC[C@H](CC(=O)c2sc(-c3cccc(F)c3)cc2NC(N)=O)C1. The molecule has 3 rings (SSSR count). The number of hydrogen-bond donors (Lipinski definition) is 2. The Morgan fingerprint density at radius 3 is 2.69 bits per heavy atom. The van der Waals surface area contributed by atoms with E-state index in [1.54, 1.807) is 23.1 Å². The molecule has 172 valence electrons. The van der Waals surface area contributed by atoms with Crippen molar-refractivity contribution in [1.29, 1.82) is 0 Å². The molecule has 0 bridgehead atoms. The minimum atomic E-state index is -0.781. The van der Waals surface area contributed by atoms with Gasteiger partial charge >= 0.3 is 12.1 Å². The Hall–Kier alpha value is -2.94. The molecule has 1 saturated heterocycles. The number of likely N-dealkylation sites (tertiary alicyclic amines) is 1. The van der Waals surface area contributed by atoms with Crippen LogP contribution in [0.25, 0.3) is 10.4 Å². The van der Waals surface area contributed by atoms with Gasteiger partial charge in [-0.25, -0.2) is 14.0 Å². The first kappa shape index (κ1) is 23.7. The number of urea groups is 1. The molecular formula is C23H28FN3O4S. The Bertz CT molecular complexity index is 1010. The number of ether oxygens (including phenoxy) is 1. The highest BCUT2D eigenvalue weighted by Crippen LogP contribution is 2.37. The second-order valence-corrected chi connectivity index (χ2v) is 9.97. The number of halogens is 1. The fourth-order valence-corrected chi connectivity index (χ4v) is 4.75. The number of rotatable bonds is 5. The fraction of sp³-hybridized carbons (Fsp3) is 0.435. The molecule has 0 radical (unpaired) electrons. The molecule has 1 aromatic heterocycles. The Labute approximate surface area is 190 Å². The van der Waals surface area contributed by atoms with Gasteiger partial charge in [-0.15, -0.1) is 11.3 Å². The molecule has 0 spiro atoms. The van der Waals surface area contributed by atoms with Gasteiger partial charge < -0.3 is 20.7 Å². The number of hydrogen-bond acceptors (Lipinski definition) is 5. The van der Waals surface area contributed by atoms with Gasteiger partial charge in [0.1, 0.15) is 11.4 Å². The largest absolute Gasteiger partial charge is 0.444 e. The Balaban J connectivity index is 1.76. The summed E-state index contributed by atoms with van der Waals surface area (Å²) in [5.74, 6) is -0.569. The summed E-state index contributed by atoms with van der Waals surface area (Å²) >= 11 is 1.18. The lowest BCUT2D eigenvalue weighted by molar-refractivity contribution is 0.0161. The van der Waals surface area contributed by atoms with Crippen molar-refractivity contribution in [3.8, 4) is 10.4 Å². The van der Waals surface area contributed by atoms with Crippen molar-refractivity contribution in [1.82, 2.24) is 4.90 Å². The van der Waals surface area contributed by atoms with E-state index in [4.69, 9.17) is 10.5 Å². The number of Topliss-reactive ketones (excluding diaryl/α,β-unsaturated/α-hetero) is 1. The lowest BCUT2D eigenvalue weighted by Gasteiger charge is -2.33. The average molecular weight is 462 g/mol. The number of benzene rings is 1. The Morgan fingerprint density at radius 1 is 1.28 bits per heavy atom. The molecule has 1 aliphatic heterocycles. The van der Waals surface area contributed by atoms with Crippen LogP contribution in [-0.2, 0) is 4.74 Å². The number of carbonyl (C=O) groups is 3. The van der Waals surface area contributed by atoms with Crippen LogP contribution in [0.4, 0.5) is 19.7 Å². The highest BCUT2D eigenvalue weighted by molar-refractivity contribution is 7.18. The van der Waals surface area contributed by atoms with Crippen LogP contribution in [0, 0.1) is 11.7 Å². The van der Waals surface area contributed by atoms with Gasteiger partial charge in [0.25, 0.3) is 0 Å². The number of nitrogens with two attached hydrogens (primary N) is 1. The standard InChI is InChI=1S/C23H28FN3O4S/c1-23(2,3)31-22(30)27-9-5-6-14(13-27)10-18(28)20-17(26-21(25)29)12-19(32-20)15-7-4-8-16(24)11-15/h4,7-8,11-12,14H,5-6,9-10,13H2,1-3H3,(H3,25,26,29)/t14-/m1/s1. The maximum atomic E-state index is 13.6. The van der Waals surface area contributed by atoms with Crippen LogP contribution in [-0.4, -0.2) is 41.5 Å². The van der Waals surface area contributed by atoms with E-state index < -0.39 is 17.4 Å². The quantitative estimate of drug-likeness (QED) is 0.593. The van der Waals surface area contributed by atoms with Gasteiger partial charge in [0.2, 0.25) is 0 Å². The third-order valence-corrected chi connectivity index (χ3v) is 6.22. The van der Waals surface area contributed by atoms with Gasteiger partial charge in [-0.3, -0.25) is 4.79 Å². The third kappa shape index (κ3) is 6.29. The number of carbonyl (C=O) groups excluding carboxylic acids is 3. The summed E-state index contributed by atoms with van der Waals surface area (Å²) in [6, 6.07) is 6.87. The topological polar surface area (TPSA) is 102 Å². The zero-order valence-corrected chi connectivity index (χ0v) is 19.3. The van der Waals surface area contributed by atoms with Gasteiger partial charge in [0.15, 0.2) is 5.78 Å². The molecule has 0 unspecified atom stereocenters. The maximum absolute atomic E-state index is 13.6. The van der Waals surface area contributed by atoms with Crippen molar-refractivity contribution in [2.24, 2.45) is 11.7 Å². The zero-order valence-electron chi connectivity index (χ0n) is 18.4. The van der Waals surface area contributed by atoms with Crippen LogP contribution in [0.5, 0.6) is 0 Å². The number of anilines is 1. The number of piperidine rings is 1. The van der Waals surface area contributed by atoms with Crippen LogP contribution in [0.3, 0.4) is 0 Å². The van der Waals surface area contributed by atoms with Gasteiger partial charge in [0.05, 0.1) is 10.6 Å².